The van der Waals surface area contributed by atoms with Crippen LogP contribution < -0.4 is 50.0 Å². The SMILES string of the molecule is COc1cc2nc(N3CCCC(CC4CCCN(CCCOc5cc6nc(N7CCCCC7)nc(N[C@H]7CCCNC7)c6cc5OC)C4)C3)nc(N[C@H]3CCCNC3)c2cc1OC. The van der Waals surface area contributed by atoms with Gasteiger partial charge < -0.3 is 54.9 Å². The van der Waals surface area contributed by atoms with E-state index < -0.39 is 0 Å². The summed E-state index contributed by atoms with van der Waals surface area (Å²) in [7, 11) is 5.09. The number of benzene rings is 2. The lowest BCUT2D eigenvalue weighted by Gasteiger charge is -2.38. The highest BCUT2D eigenvalue weighted by Gasteiger charge is 2.29. The highest BCUT2D eigenvalue weighted by molar-refractivity contribution is 5.94. The highest BCUT2D eigenvalue weighted by atomic mass is 16.5. The number of likely N-dealkylation sites (tertiary alicyclic amines) is 1. The summed E-state index contributed by atoms with van der Waals surface area (Å²) >= 11 is 0. The van der Waals surface area contributed by atoms with Gasteiger partial charge in [-0.25, -0.2) is 9.97 Å². The Morgan fingerprint density at radius 3 is 1.76 bits per heavy atom. The fourth-order valence-corrected chi connectivity index (χ4v) is 10.7. The number of fused-ring (bicyclic) bond motifs is 2. The average molecular weight is 866 g/mol. The van der Waals surface area contributed by atoms with Crippen molar-refractivity contribution in [3.05, 3.63) is 24.3 Å². The van der Waals surface area contributed by atoms with Crippen molar-refractivity contribution in [3.8, 4) is 23.0 Å². The zero-order valence-corrected chi connectivity index (χ0v) is 38.1. The molecule has 7 heterocycles. The molecular weight excluding hydrogens is 795 g/mol. The molecule has 2 unspecified atom stereocenters. The van der Waals surface area contributed by atoms with Gasteiger partial charge in [-0.3, -0.25) is 0 Å². The maximum Gasteiger partial charge on any atom is 0.227 e. The Kier molecular flexibility index (Phi) is 14.5. The van der Waals surface area contributed by atoms with Crippen molar-refractivity contribution in [1.29, 1.82) is 0 Å². The second-order valence-corrected chi connectivity index (χ2v) is 18.6. The third-order valence-electron chi connectivity index (χ3n) is 14.0. The van der Waals surface area contributed by atoms with Gasteiger partial charge in [-0.05, 0) is 127 Å². The number of methoxy groups -OCH3 is 3. The van der Waals surface area contributed by atoms with Crippen molar-refractivity contribution in [3.63, 3.8) is 0 Å². The number of nitrogens with one attached hydrogen (secondary N) is 4. The van der Waals surface area contributed by atoms with E-state index >= 15 is 0 Å². The lowest BCUT2D eigenvalue weighted by atomic mass is 9.84. The van der Waals surface area contributed by atoms with Crippen LogP contribution in [0.25, 0.3) is 21.8 Å². The molecule has 342 valence electrons. The van der Waals surface area contributed by atoms with Crippen LogP contribution in [0.15, 0.2) is 24.3 Å². The van der Waals surface area contributed by atoms with Crippen LogP contribution in [0.5, 0.6) is 23.0 Å². The van der Waals surface area contributed by atoms with Crippen molar-refractivity contribution in [2.45, 2.75) is 95.6 Å². The lowest BCUT2D eigenvalue weighted by molar-refractivity contribution is 0.142. The first-order chi connectivity index (χ1) is 31.0. The van der Waals surface area contributed by atoms with E-state index in [2.05, 4.69) is 48.1 Å². The molecular formula is C48H71N11O4. The molecule has 63 heavy (non-hydrogen) atoms. The maximum atomic E-state index is 6.51. The number of ether oxygens (including phenoxy) is 4. The molecule has 0 radical (unpaired) electrons. The Balaban J connectivity index is 0.818. The summed E-state index contributed by atoms with van der Waals surface area (Å²) < 4.78 is 23.8. The molecule has 0 amide bonds. The number of anilines is 4. The second kappa shape index (κ2) is 20.9. The summed E-state index contributed by atoms with van der Waals surface area (Å²) in [6, 6.07) is 8.80. The van der Waals surface area contributed by atoms with Gasteiger partial charge in [-0.15, -0.1) is 0 Å². The van der Waals surface area contributed by atoms with E-state index in [1.807, 2.05) is 12.1 Å². The van der Waals surface area contributed by atoms with Crippen LogP contribution in [0.4, 0.5) is 23.5 Å². The summed E-state index contributed by atoms with van der Waals surface area (Å²) in [5, 5.41) is 16.6. The minimum Gasteiger partial charge on any atom is -0.493 e. The Hall–Kier alpha value is -4.60. The van der Waals surface area contributed by atoms with Gasteiger partial charge in [0.05, 0.1) is 39.0 Å². The van der Waals surface area contributed by atoms with Crippen LogP contribution >= 0.6 is 0 Å². The second-order valence-electron chi connectivity index (χ2n) is 18.6. The summed E-state index contributed by atoms with van der Waals surface area (Å²) in [5.41, 5.74) is 1.78. The molecule has 0 aliphatic carbocycles. The minimum absolute atomic E-state index is 0.321. The van der Waals surface area contributed by atoms with Crippen LogP contribution in [-0.2, 0) is 0 Å². The summed E-state index contributed by atoms with van der Waals surface area (Å²) in [4.78, 5) is 28.0. The summed E-state index contributed by atoms with van der Waals surface area (Å²) in [6.45, 7) is 11.9. The van der Waals surface area contributed by atoms with Gasteiger partial charge in [-0.1, -0.05) is 0 Å². The molecule has 2 aromatic carbocycles. The van der Waals surface area contributed by atoms with E-state index in [0.717, 1.165) is 167 Å². The van der Waals surface area contributed by atoms with E-state index in [4.69, 9.17) is 38.9 Å². The molecule has 5 aliphatic rings. The molecule has 9 rings (SSSR count). The van der Waals surface area contributed by atoms with E-state index in [0.29, 0.717) is 42.0 Å². The number of hydrogen-bond donors (Lipinski definition) is 4. The molecule has 0 spiro atoms. The van der Waals surface area contributed by atoms with Crippen LogP contribution in [0.2, 0.25) is 0 Å². The third-order valence-corrected chi connectivity index (χ3v) is 14.0. The lowest BCUT2D eigenvalue weighted by Crippen LogP contribution is -2.41. The van der Waals surface area contributed by atoms with Crippen molar-refractivity contribution < 1.29 is 18.9 Å². The first-order valence-corrected chi connectivity index (χ1v) is 24.2. The molecule has 0 bridgehead atoms. The molecule has 15 nitrogen and oxygen atoms in total. The Bertz CT molecular complexity index is 2120. The quantitative estimate of drug-likeness (QED) is 0.0886. The normalized spacial score (nSPS) is 23.7. The number of hydrogen-bond acceptors (Lipinski definition) is 15. The molecule has 5 saturated heterocycles. The smallest absolute Gasteiger partial charge is 0.227 e. The Morgan fingerprint density at radius 1 is 0.587 bits per heavy atom. The predicted molar refractivity (Wildman–Crippen MR) is 253 cm³/mol. The fraction of sp³-hybridized carbons (Fsp3) is 0.667. The first-order valence-electron chi connectivity index (χ1n) is 24.2. The van der Waals surface area contributed by atoms with E-state index in [9.17, 15) is 0 Å². The van der Waals surface area contributed by atoms with Gasteiger partial charge in [0, 0.05) is 87.3 Å². The van der Waals surface area contributed by atoms with Crippen LogP contribution in [0.3, 0.4) is 0 Å². The maximum absolute atomic E-state index is 6.51. The highest BCUT2D eigenvalue weighted by Crippen LogP contribution is 2.38. The fourth-order valence-electron chi connectivity index (χ4n) is 10.7. The van der Waals surface area contributed by atoms with Crippen LogP contribution in [0.1, 0.15) is 83.5 Å². The molecule has 0 saturated carbocycles. The van der Waals surface area contributed by atoms with Gasteiger partial charge in [0.25, 0.3) is 0 Å². The first kappa shape index (κ1) is 43.6. The standard InChI is InChI=1S/C48H71N11O4/c1-60-41-25-37-39(27-43(41)62-3)54-48(56-46(37)52-36-15-8-17-50-30-36)59-22-10-13-34(32-59)24-33-12-9-18-57(31-33)19-11-23-63-44-28-40-38(26-42(44)61-2)45(51-35-14-7-16-49-29-35)55-47(53-40)58-20-5-4-6-21-58/h25-28,33-36,49-50H,4-24,29-32H2,1-3H3,(H,51,53,55)(H,52,54,56)/t33?,34?,35-,36-/m0/s1. The zero-order chi connectivity index (χ0) is 43.0. The van der Waals surface area contributed by atoms with E-state index in [-0.39, 0.29) is 0 Å². The number of rotatable bonds is 16. The number of piperidine rings is 5. The molecule has 4 atom stereocenters. The third kappa shape index (κ3) is 10.7. The van der Waals surface area contributed by atoms with Gasteiger partial charge in [-0.2, -0.15) is 9.97 Å². The largest absolute Gasteiger partial charge is 0.493 e. The average Bonchev–Trinajstić information content (AvgIpc) is 3.33. The monoisotopic (exact) mass is 866 g/mol. The summed E-state index contributed by atoms with van der Waals surface area (Å²) in [5.74, 6) is 7.54. The Morgan fingerprint density at radius 2 is 1.14 bits per heavy atom. The topological polar surface area (TPSA) is 146 Å². The molecule has 5 fully saturated rings. The molecule has 2 aromatic heterocycles. The summed E-state index contributed by atoms with van der Waals surface area (Å²) in [6.07, 6.45) is 15.3. The van der Waals surface area contributed by atoms with Crippen molar-refractivity contribution in [2.24, 2.45) is 11.8 Å². The van der Waals surface area contributed by atoms with E-state index in [1.165, 1.54) is 44.9 Å². The number of nitrogens with zero attached hydrogens (tertiary/aromatic N) is 7. The molecule has 5 aliphatic heterocycles. The van der Waals surface area contributed by atoms with Gasteiger partial charge >= 0.3 is 0 Å². The zero-order valence-electron chi connectivity index (χ0n) is 38.1. The van der Waals surface area contributed by atoms with Crippen molar-refractivity contribution >= 4 is 45.3 Å². The molecule has 4 N–H and O–H groups in total. The van der Waals surface area contributed by atoms with Crippen molar-refractivity contribution in [2.75, 3.05) is 120 Å². The van der Waals surface area contributed by atoms with Gasteiger partial charge in [0.2, 0.25) is 11.9 Å². The van der Waals surface area contributed by atoms with Crippen LogP contribution in [-0.4, -0.2) is 137 Å². The molecule has 4 aromatic rings. The molecule has 15 heteroatoms. The predicted octanol–water partition coefficient (Wildman–Crippen LogP) is 6.70. The van der Waals surface area contributed by atoms with Crippen molar-refractivity contribution in [1.82, 2.24) is 35.5 Å². The van der Waals surface area contributed by atoms with Gasteiger partial charge in [0.15, 0.2) is 23.0 Å². The number of aromatic nitrogens is 4. The minimum atomic E-state index is 0.321. The van der Waals surface area contributed by atoms with Gasteiger partial charge in [0.1, 0.15) is 11.6 Å². The Labute approximate surface area is 373 Å². The van der Waals surface area contributed by atoms with E-state index in [1.54, 1.807) is 21.3 Å². The van der Waals surface area contributed by atoms with Crippen LogP contribution in [0, 0.1) is 11.8 Å².